The number of carbonyl (C=O) groups excluding carboxylic acids is 1. The van der Waals surface area contributed by atoms with E-state index in [2.05, 4.69) is 15.3 Å². The lowest BCUT2D eigenvalue weighted by Crippen LogP contribution is -2.30. The Bertz CT molecular complexity index is 1220. The van der Waals surface area contributed by atoms with E-state index in [-0.39, 0.29) is 18.0 Å². The zero-order valence-electron chi connectivity index (χ0n) is 15.7. The Morgan fingerprint density at radius 3 is 2.45 bits per heavy atom. The van der Waals surface area contributed by atoms with Gasteiger partial charge in [-0.2, -0.15) is 0 Å². The smallest absolute Gasteiger partial charge is 0.261 e. The van der Waals surface area contributed by atoms with E-state index < -0.39 is 0 Å². The largest absolute Gasteiger partial charge is 0.457 e. The molecule has 0 fully saturated rings. The quantitative estimate of drug-likeness (QED) is 0.567. The summed E-state index contributed by atoms with van der Waals surface area (Å²) in [6.45, 7) is 1.60. The van der Waals surface area contributed by atoms with Gasteiger partial charge in [-0.05, 0) is 55.5 Å². The van der Waals surface area contributed by atoms with Crippen LogP contribution in [-0.2, 0) is 11.3 Å². The predicted molar refractivity (Wildman–Crippen MR) is 110 cm³/mol. The summed E-state index contributed by atoms with van der Waals surface area (Å²) in [4.78, 5) is 33.5. The minimum Gasteiger partial charge on any atom is -0.457 e. The SMILES string of the molecule is Cc1nc2ccccc2c(=O)n1CC(=O)Nc1ccc(Oc2ccncc2)cc1. The van der Waals surface area contributed by atoms with Gasteiger partial charge in [0.25, 0.3) is 5.56 Å². The minimum atomic E-state index is -0.310. The van der Waals surface area contributed by atoms with Gasteiger partial charge in [-0.1, -0.05) is 12.1 Å². The molecule has 7 heteroatoms. The van der Waals surface area contributed by atoms with Gasteiger partial charge < -0.3 is 10.1 Å². The van der Waals surface area contributed by atoms with E-state index >= 15 is 0 Å². The Morgan fingerprint density at radius 1 is 1.00 bits per heavy atom. The van der Waals surface area contributed by atoms with E-state index in [0.29, 0.717) is 33.9 Å². The zero-order chi connectivity index (χ0) is 20.2. The van der Waals surface area contributed by atoms with Crippen LogP contribution in [-0.4, -0.2) is 20.4 Å². The number of aryl methyl sites for hydroxylation is 1. The maximum Gasteiger partial charge on any atom is 0.261 e. The summed E-state index contributed by atoms with van der Waals surface area (Å²) in [5.74, 6) is 1.50. The highest BCUT2D eigenvalue weighted by Gasteiger charge is 2.11. The van der Waals surface area contributed by atoms with Gasteiger partial charge in [-0.3, -0.25) is 19.1 Å². The van der Waals surface area contributed by atoms with Crippen LogP contribution in [0.15, 0.2) is 77.9 Å². The highest BCUT2D eigenvalue weighted by molar-refractivity contribution is 5.90. The number of anilines is 1. The maximum absolute atomic E-state index is 12.7. The lowest BCUT2D eigenvalue weighted by Gasteiger charge is -2.11. The molecule has 0 aliphatic carbocycles. The molecule has 0 radical (unpaired) electrons. The van der Waals surface area contributed by atoms with Gasteiger partial charge in [0.1, 0.15) is 23.9 Å². The average molecular weight is 386 g/mol. The molecular formula is C22H18N4O3. The Kier molecular flexibility index (Phi) is 5.03. The van der Waals surface area contributed by atoms with Crippen molar-refractivity contribution in [2.75, 3.05) is 5.32 Å². The molecule has 144 valence electrons. The lowest BCUT2D eigenvalue weighted by molar-refractivity contribution is -0.116. The molecule has 29 heavy (non-hydrogen) atoms. The molecule has 4 rings (SSSR count). The number of fused-ring (bicyclic) bond motifs is 1. The molecule has 1 amide bonds. The number of ether oxygens (including phenoxy) is 1. The normalized spacial score (nSPS) is 10.7. The molecule has 4 aromatic rings. The summed E-state index contributed by atoms with van der Waals surface area (Å²) in [5, 5.41) is 3.28. The Labute approximate surface area is 166 Å². The highest BCUT2D eigenvalue weighted by Crippen LogP contribution is 2.22. The van der Waals surface area contributed by atoms with Crippen LogP contribution in [0.2, 0.25) is 0 Å². The molecule has 0 saturated carbocycles. The summed E-state index contributed by atoms with van der Waals surface area (Å²) in [5.41, 5.74) is 0.998. The average Bonchev–Trinajstić information content (AvgIpc) is 2.73. The Hall–Kier alpha value is -4.00. The molecule has 0 aliphatic rings. The summed E-state index contributed by atoms with van der Waals surface area (Å²) >= 11 is 0. The fourth-order valence-corrected chi connectivity index (χ4v) is 2.96. The van der Waals surface area contributed by atoms with Crippen LogP contribution in [0.4, 0.5) is 5.69 Å². The second-order valence-corrected chi connectivity index (χ2v) is 6.42. The van der Waals surface area contributed by atoms with E-state index in [1.165, 1.54) is 4.57 Å². The third-order valence-corrected chi connectivity index (χ3v) is 4.38. The number of amides is 1. The fraction of sp³-hybridized carbons (Fsp3) is 0.0909. The number of pyridine rings is 1. The molecule has 1 N–H and O–H groups in total. The van der Waals surface area contributed by atoms with Crippen LogP contribution in [0.1, 0.15) is 5.82 Å². The van der Waals surface area contributed by atoms with Crippen LogP contribution in [0.5, 0.6) is 11.5 Å². The number of carbonyl (C=O) groups is 1. The molecule has 0 saturated heterocycles. The Morgan fingerprint density at radius 2 is 1.69 bits per heavy atom. The molecule has 0 atom stereocenters. The summed E-state index contributed by atoms with van der Waals surface area (Å²) in [6, 6.07) is 17.6. The predicted octanol–water partition coefficient (Wildman–Crippen LogP) is 3.53. The van der Waals surface area contributed by atoms with E-state index in [4.69, 9.17) is 4.74 Å². The van der Waals surface area contributed by atoms with E-state index in [1.807, 2.05) is 6.07 Å². The highest BCUT2D eigenvalue weighted by atomic mass is 16.5. The molecule has 2 aromatic carbocycles. The van der Waals surface area contributed by atoms with Crippen molar-refractivity contribution in [1.29, 1.82) is 0 Å². The summed E-state index contributed by atoms with van der Waals surface area (Å²) in [6.07, 6.45) is 3.30. The first-order chi connectivity index (χ1) is 14.1. The van der Waals surface area contributed by atoms with Crippen LogP contribution in [0.3, 0.4) is 0 Å². The molecule has 0 unspecified atom stereocenters. The maximum atomic E-state index is 12.7. The topological polar surface area (TPSA) is 86.1 Å². The van der Waals surface area contributed by atoms with E-state index in [0.717, 1.165) is 0 Å². The zero-order valence-corrected chi connectivity index (χ0v) is 15.7. The van der Waals surface area contributed by atoms with Gasteiger partial charge in [-0.15, -0.1) is 0 Å². The van der Waals surface area contributed by atoms with E-state index in [9.17, 15) is 9.59 Å². The molecule has 7 nitrogen and oxygen atoms in total. The van der Waals surface area contributed by atoms with Crippen molar-refractivity contribution in [3.05, 3.63) is 89.2 Å². The van der Waals surface area contributed by atoms with Gasteiger partial charge in [-0.25, -0.2) is 4.98 Å². The van der Waals surface area contributed by atoms with Gasteiger partial charge in [0.05, 0.1) is 10.9 Å². The van der Waals surface area contributed by atoms with Crippen molar-refractivity contribution in [1.82, 2.24) is 14.5 Å². The molecule has 0 spiro atoms. The van der Waals surface area contributed by atoms with Crippen molar-refractivity contribution >= 4 is 22.5 Å². The summed E-state index contributed by atoms with van der Waals surface area (Å²) < 4.78 is 7.07. The van der Waals surface area contributed by atoms with Crippen LogP contribution >= 0.6 is 0 Å². The molecule has 2 heterocycles. The van der Waals surface area contributed by atoms with Crippen molar-refractivity contribution in [3.8, 4) is 11.5 Å². The number of nitrogens with one attached hydrogen (secondary N) is 1. The standard InChI is InChI=1S/C22H18N4O3/c1-15-24-20-5-3-2-4-19(20)22(28)26(15)14-21(27)25-16-6-8-17(9-7-16)29-18-10-12-23-13-11-18/h2-13H,14H2,1H3,(H,25,27). The van der Waals surface area contributed by atoms with Crippen molar-refractivity contribution in [2.24, 2.45) is 0 Å². The molecule has 0 bridgehead atoms. The number of rotatable bonds is 5. The lowest BCUT2D eigenvalue weighted by atomic mass is 10.2. The number of nitrogens with zero attached hydrogens (tertiary/aromatic N) is 3. The number of benzene rings is 2. The second kappa shape index (κ2) is 7.93. The molecule has 0 aliphatic heterocycles. The van der Waals surface area contributed by atoms with Gasteiger partial charge in [0, 0.05) is 18.1 Å². The van der Waals surface area contributed by atoms with Crippen LogP contribution in [0.25, 0.3) is 10.9 Å². The first-order valence-electron chi connectivity index (χ1n) is 9.04. The fourth-order valence-electron chi connectivity index (χ4n) is 2.96. The Balaban J connectivity index is 1.46. The van der Waals surface area contributed by atoms with Gasteiger partial charge in [0.15, 0.2) is 0 Å². The van der Waals surface area contributed by atoms with Crippen LogP contribution < -0.4 is 15.6 Å². The van der Waals surface area contributed by atoms with Crippen molar-refractivity contribution in [3.63, 3.8) is 0 Å². The number of hydrogen-bond acceptors (Lipinski definition) is 5. The summed E-state index contributed by atoms with van der Waals surface area (Å²) in [7, 11) is 0. The monoisotopic (exact) mass is 386 g/mol. The third-order valence-electron chi connectivity index (χ3n) is 4.38. The molecular weight excluding hydrogens is 368 g/mol. The van der Waals surface area contributed by atoms with E-state index in [1.54, 1.807) is 73.9 Å². The second-order valence-electron chi connectivity index (χ2n) is 6.42. The number of hydrogen-bond donors (Lipinski definition) is 1. The molecule has 2 aromatic heterocycles. The van der Waals surface area contributed by atoms with Gasteiger partial charge >= 0.3 is 0 Å². The first kappa shape index (κ1) is 18.4. The minimum absolute atomic E-state index is 0.113. The first-order valence-corrected chi connectivity index (χ1v) is 9.04. The number of para-hydroxylation sites is 1. The third kappa shape index (κ3) is 4.14. The number of aromatic nitrogens is 3. The van der Waals surface area contributed by atoms with Crippen molar-refractivity contribution < 1.29 is 9.53 Å². The van der Waals surface area contributed by atoms with Gasteiger partial charge in [0.2, 0.25) is 5.91 Å². The van der Waals surface area contributed by atoms with Crippen LogP contribution in [0, 0.1) is 6.92 Å². The van der Waals surface area contributed by atoms with Crippen molar-refractivity contribution in [2.45, 2.75) is 13.5 Å².